The zero-order valence-electron chi connectivity index (χ0n) is 25.9. The molecule has 2 aliphatic heterocycles. The van der Waals surface area contributed by atoms with Crippen LogP contribution in [0.2, 0.25) is 0 Å². The molecular weight excluding hydrogens is 532 g/mol. The van der Waals surface area contributed by atoms with Crippen molar-refractivity contribution in [1.29, 1.82) is 0 Å². The van der Waals surface area contributed by atoms with Crippen molar-refractivity contribution in [2.24, 2.45) is 0 Å². The second-order valence-electron chi connectivity index (χ2n) is 11.8. The lowest BCUT2D eigenvalue weighted by atomic mass is 9.86. The van der Waals surface area contributed by atoms with Crippen LogP contribution in [0.5, 0.6) is 5.75 Å². The van der Waals surface area contributed by atoms with Gasteiger partial charge in [-0.2, -0.15) is 8.78 Å². The summed E-state index contributed by atoms with van der Waals surface area (Å²) in [7, 11) is 0. The SMILES string of the molecule is CC1=CC(=C(C)C)N(C(C(=O)NCc2ccc(C3CCN(c4ccc(OC(C)(F)F)cc4)CC3)c(C)c2)=C(C)C)C=C1. The summed E-state index contributed by atoms with van der Waals surface area (Å²) in [5.41, 5.74) is 9.60. The van der Waals surface area contributed by atoms with Crippen molar-refractivity contribution < 1.29 is 18.3 Å². The number of alkyl halides is 2. The first-order chi connectivity index (χ1) is 19.8. The molecule has 224 valence electrons. The molecule has 0 radical (unpaired) electrons. The van der Waals surface area contributed by atoms with Crippen molar-refractivity contribution in [3.63, 3.8) is 0 Å². The van der Waals surface area contributed by atoms with Gasteiger partial charge in [-0.3, -0.25) is 4.79 Å². The molecule has 0 bridgehead atoms. The Balaban J connectivity index is 1.36. The molecule has 42 heavy (non-hydrogen) atoms. The fourth-order valence-corrected chi connectivity index (χ4v) is 5.72. The van der Waals surface area contributed by atoms with Gasteiger partial charge in [0.15, 0.2) is 0 Å². The first-order valence-electron chi connectivity index (χ1n) is 14.6. The van der Waals surface area contributed by atoms with Crippen molar-refractivity contribution in [1.82, 2.24) is 10.2 Å². The van der Waals surface area contributed by atoms with Crippen LogP contribution >= 0.6 is 0 Å². The Morgan fingerprint density at radius 2 is 1.69 bits per heavy atom. The topological polar surface area (TPSA) is 44.8 Å². The molecule has 1 amide bonds. The average Bonchev–Trinajstić information content (AvgIpc) is 2.92. The van der Waals surface area contributed by atoms with Gasteiger partial charge in [0.25, 0.3) is 5.91 Å². The van der Waals surface area contributed by atoms with Crippen LogP contribution in [-0.4, -0.2) is 30.0 Å². The van der Waals surface area contributed by atoms with E-state index in [4.69, 9.17) is 0 Å². The monoisotopic (exact) mass is 575 g/mol. The Hall–Kier alpha value is -3.87. The molecule has 2 aromatic rings. The summed E-state index contributed by atoms with van der Waals surface area (Å²) in [6.45, 7) is 15.2. The van der Waals surface area contributed by atoms with E-state index in [9.17, 15) is 13.6 Å². The highest BCUT2D eigenvalue weighted by molar-refractivity contribution is 5.94. The van der Waals surface area contributed by atoms with Gasteiger partial charge < -0.3 is 19.9 Å². The first-order valence-corrected chi connectivity index (χ1v) is 14.6. The minimum atomic E-state index is -3.19. The summed E-state index contributed by atoms with van der Waals surface area (Å²) >= 11 is 0. The van der Waals surface area contributed by atoms with E-state index in [1.807, 2.05) is 43.2 Å². The highest BCUT2D eigenvalue weighted by atomic mass is 19.3. The van der Waals surface area contributed by atoms with Crippen molar-refractivity contribution in [2.45, 2.75) is 79.9 Å². The van der Waals surface area contributed by atoms with Gasteiger partial charge in [0, 0.05) is 44.1 Å². The maximum atomic E-state index is 13.4. The molecule has 1 saturated heterocycles. The number of piperidine rings is 1. The fraction of sp³-hybridized carbons (Fsp3) is 0.400. The van der Waals surface area contributed by atoms with Gasteiger partial charge in [-0.1, -0.05) is 23.8 Å². The van der Waals surface area contributed by atoms with Crippen LogP contribution in [-0.2, 0) is 11.3 Å². The van der Waals surface area contributed by atoms with Crippen molar-refractivity contribution in [2.75, 3.05) is 18.0 Å². The molecule has 7 heteroatoms. The number of aryl methyl sites for hydroxylation is 1. The third-order valence-electron chi connectivity index (χ3n) is 7.77. The zero-order chi connectivity index (χ0) is 30.6. The molecule has 2 aromatic carbocycles. The van der Waals surface area contributed by atoms with Crippen LogP contribution in [0.1, 0.15) is 77.0 Å². The third-order valence-corrected chi connectivity index (χ3v) is 7.77. The number of halogens is 2. The molecule has 1 fully saturated rings. The molecule has 0 saturated carbocycles. The standard InChI is InChI=1S/C35H43F2N3O2/c1-23(2)32-20-25(5)14-19-40(32)33(24(3)4)34(41)38-22-27-8-13-31(26(6)21-27)28-15-17-39(18-16-28)29-9-11-30(12-10-29)42-35(7,36)37/h8-14,19-21,28H,15-18,22H2,1-7H3,(H,38,41). The summed E-state index contributed by atoms with van der Waals surface area (Å²) in [5.74, 6) is 0.523. The number of anilines is 1. The summed E-state index contributed by atoms with van der Waals surface area (Å²) in [6.07, 6.45) is 4.94. The van der Waals surface area contributed by atoms with E-state index in [1.54, 1.807) is 12.1 Å². The Kier molecular flexibility index (Phi) is 9.60. The Labute approximate surface area is 249 Å². The predicted octanol–water partition coefficient (Wildman–Crippen LogP) is 8.35. The highest BCUT2D eigenvalue weighted by Gasteiger charge is 2.25. The Morgan fingerprint density at radius 3 is 2.26 bits per heavy atom. The predicted molar refractivity (Wildman–Crippen MR) is 166 cm³/mol. The van der Waals surface area contributed by atoms with Gasteiger partial charge in [0.05, 0.1) is 0 Å². The minimum Gasteiger partial charge on any atom is -0.433 e. The van der Waals surface area contributed by atoms with Crippen LogP contribution in [0.25, 0.3) is 0 Å². The van der Waals surface area contributed by atoms with Crippen LogP contribution < -0.4 is 15.0 Å². The molecule has 2 aliphatic rings. The number of carbonyl (C=O) groups is 1. The van der Waals surface area contributed by atoms with E-state index < -0.39 is 6.11 Å². The average molecular weight is 576 g/mol. The summed E-state index contributed by atoms with van der Waals surface area (Å²) in [5, 5.41) is 3.14. The molecule has 0 atom stereocenters. The summed E-state index contributed by atoms with van der Waals surface area (Å²) in [4.78, 5) is 17.7. The fourth-order valence-electron chi connectivity index (χ4n) is 5.72. The van der Waals surface area contributed by atoms with Gasteiger partial charge >= 0.3 is 6.11 Å². The molecule has 5 nitrogen and oxygen atoms in total. The van der Waals surface area contributed by atoms with E-state index in [1.165, 1.54) is 11.1 Å². The van der Waals surface area contributed by atoms with Gasteiger partial charge in [0.1, 0.15) is 11.4 Å². The molecular formula is C35H43F2N3O2. The number of allylic oxidation sites excluding steroid dienone is 5. The van der Waals surface area contributed by atoms with Crippen molar-refractivity contribution >= 4 is 11.6 Å². The molecule has 4 rings (SSSR count). The maximum Gasteiger partial charge on any atom is 0.394 e. The van der Waals surface area contributed by atoms with E-state index in [0.717, 1.165) is 66.5 Å². The van der Waals surface area contributed by atoms with Gasteiger partial charge in [-0.05, 0) is 125 Å². The third kappa shape index (κ3) is 7.69. The van der Waals surface area contributed by atoms with Gasteiger partial charge in [0.2, 0.25) is 0 Å². The zero-order valence-corrected chi connectivity index (χ0v) is 25.9. The first kappa shape index (κ1) is 31.1. The Morgan fingerprint density at radius 1 is 1.02 bits per heavy atom. The lowest BCUT2D eigenvalue weighted by Crippen LogP contribution is -2.33. The lowest BCUT2D eigenvalue weighted by Gasteiger charge is -2.34. The van der Waals surface area contributed by atoms with Crippen LogP contribution in [0.4, 0.5) is 14.5 Å². The maximum absolute atomic E-state index is 13.4. The number of benzene rings is 2. The highest BCUT2D eigenvalue weighted by Crippen LogP contribution is 2.34. The summed E-state index contributed by atoms with van der Waals surface area (Å²) < 4.78 is 30.9. The normalized spacial score (nSPS) is 15.8. The molecule has 1 N–H and O–H groups in total. The van der Waals surface area contributed by atoms with E-state index in [2.05, 4.69) is 66.9 Å². The van der Waals surface area contributed by atoms with Gasteiger partial charge in [-0.15, -0.1) is 0 Å². The van der Waals surface area contributed by atoms with Gasteiger partial charge in [-0.25, -0.2) is 0 Å². The van der Waals surface area contributed by atoms with Crippen LogP contribution in [0.15, 0.2) is 88.9 Å². The second-order valence-corrected chi connectivity index (χ2v) is 11.8. The number of rotatable bonds is 8. The van der Waals surface area contributed by atoms with Crippen molar-refractivity contribution in [3.05, 3.63) is 106 Å². The number of hydrogen-bond acceptors (Lipinski definition) is 4. The quantitative estimate of drug-likeness (QED) is 0.321. The molecule has 0 aliphatic carbocycles. The van der Waals surface area contributed by atoms with Crippen molar-refractivity contribution in [3.8, 4) is 5.75 Å². The number of carbonyl (C=O) groups excluding carboxylic acids is 1. The number of nitrogens with one attached hydrogen (secondary N) is 1. The molecule has 0 spiro atoms. The summed E-state index contributed by atoms with van der Waals surface area (Å²) in [6, 6.07) is 13.4. The largest absolute Gasteiger partial charge is 0.433 e. The number of hydrogen-bond donors (Lipinski definition) is 1. The van der Waals surface area contributed by atoms with E-state index in [-0.39, 0.29) is 11.7 Å². The lowest BCUT2D eigenvalue weighted by molar-refractivity contribution is -0.158. The number of ether oxygens (including phenoxy) is 1. The smallest absolute Gasteiger partial charge is 0.394 e. The van der Waals surface area contributed by atoms with E-state index >= 15 is 0 Å². The number of amides is 1. The molecule has 0 aromatic heterocycles. The number of nitrogens with zero attached hydrogens (tertiary/aromatic N) is 2. The minimum absolute atomic E-state index is 0.0940. The van der Waals surface area contributed by atoms with Crippen LogP contribution in [0.3, 0.4) is 0 Å². The molecule has 2 heterocycles. The van der Waals surface area contributed by atoms with Crippen LogP contribution in [0, 0.1) is 6.92 Å². The Bertz CT molecular complexity index is 1420. The molecule has 0 unspecified atom stereocenters. The second kappa shape index (κ2) is 13.0. The van der Waals surface area contributed by atoms with E-state index in [0.29, 0.717) is 18.2 Å².